The minimum absolute atomic E-state index is 0.00816. The van der Waals surface area contributed by atoms with Crippen LogP contribution < -0.4 is 10.1 Å². The number of phenols is 1. The molecule has 0 aromatic heterocycles. The number of carbonyl (C=O) groups excluding carboxylic acids is 1. The van der Waals surface area contributed by atoms with E-state index in [0.29, 0.717) is 16.7 Å². The highest BCUT2D eigenvalue weighted by atomic mass is 16.5. The van der Waals surface area contributed by atoms with Gasteiger partial charge in [-0.2, -0.15) is 0 Å². The third kappa shape index (κ3) is 2.68. The molecule has 4 aliphatic rings. The summed E-state index contributed by atoms with van der Waals surface area (Å²) in [6.07, 6.45) is 8.02. The number of carbonyl (C=O) groups is 1. The van der Waals surface area contributed by atoms with E-state index in [1.807, 2.05) is 0 Å². The Morgan fingerprint density at radius 2 is 1.83 bits per heavy atom. The summed E-state index contributed by atoms with van der Waals surface area (Å²) in [6, 6.07) is 4.77. The average Bonchev–Trinajstić information content (AvgIpc) is 2.52. The van der Waals surface area contributed by atoms with Gasteiger partial charge in [-0.25, -0.2) is 0 Å². The molecule has 124 valence electrons. The molecule has 4 saturated carbocycles. The van der Waals surface area contributed by atoms with E-state index in [0.717, 1.165) is 24.3 Å². The highest BCUT2D eigenvalue weighted by molar-refractivity contribution is 5.97. The number of hydrogen-bond acceptors (Lipinski definition) is 3. The quantitative estimate of drug-likeness (QED) is 0.896. The summed E-state index contributed by atoms with van der Waals surface area (Å²) in [5.74, 6) is 3.03. The smallest absolute Gasteiger partial charge is 0.255 e. The van der Waals surface area contributed by atoms with Gasteiger partial charge in [0.1, 0.15) is 11.5 Å². The van der Waals surface area contributed by atoms with Crippen LogP contribution in [0.5, 0.6) is 11.5 Å². The number of benzene rings is 1. The number of rotatable bonds is 4. The number of amides is 1. The van der Waals surface area contributed by atoms with Gasteiger partial charge in [0.25, 0.3) is 5.91 Å². The van der Waals surface area contributed by atoms with Crippen molar-refractivity contribution >= 4 is 5.91 Å². The Hall–Kier alpha value is -1.71. The first kappa shape index (κ1) is 14.9. The zero-order chi connectivity index (χ0) is 16.0. The Labute approximate surface area is 137 Å². The molecule has 5 rings (SSSR count). The van der Waals surface area contributed by atoms with Crippen molar-refractivity contribution in [2.75, 3.05) is 13.7 Å². The van der Waals surface area contributed by atoms with Crippen LogP contribution in [0.15, 0.2) is 18.2 Å². The molecule has 0 atom stereocenters. The highest BCUT2D eigenvalue weighted by Gasteiger charge is 2.50. The minimum atomic E-state index is -0.197. The zero-order valence-corrected chi connectivity index (χ0v) is 13.7. The second kappa shape index (κ2) is 5.43. The number of nitrogens with one attached hydrogen (secondary N) is 1. The summed E-state index contributed by atoms with van der Waals surface area (Å²) in [7, 11) is 1.56. The molecule has 0 unspecified atom stereocenters. The molecule has 4 bridgehead atoms. The number of ether oxygens (including phenoxy) is 1. The fourth-order valence-electron chi connectivity index (χ4n) is 5.69. The van der Waals surface area contributed by atoms with Gasteiger partial charge in [-0.1, -0.05) is 0 Å². The lowest BCUT2D eigenvalue weighted by Gasteiger charge is -2.56. The van der Waals surface area contributed by atoms with E-state index in [-0.39, 0.29) is 11.7 Å². The largest absolute Gasteiger partial charge is 0.507 e. The summed E-state index contributed by atoms with van der Waals surface area (Å²) < 4.78 is 5.15. The molecular weight excluding hydrogens is 290 g/mol. The molecule has 23 heavy (non-hydrogen) atoms. The third-order valence-corrected chi connectivity index (χ3v) is 6.24. The van der Waals surface area contributed by atoms with E-state index < -0.39 is 0 Å². The molecule has 1 aromatic carbocycles. The first-order valence-electron chi connectivity index (χ1n) is 8.72. The Bertz CT molecular complexity index is 590. The summed E-state index contributed by atoms with van der Waals surface area (Å²) >= 11 is 0. The van der Waals surface area contributed by atoms with E-state index in [1.54, 1.807) is 19.2 Å². The molecule has 0 heterocycles. The molecule has 4 fully saturated rings. The molecule has 0 aliphatic heterocycles. The van der Waals surface area contributed by atoms with Gasteiger partial charge in [0.05, 0.1) is 12.7 Å². The van der Waals surface area contributed by atoms with Gasteiger partial charge < -0.3 is 15.2 Å². The number of methoxy groups -OCH3 is 1. The minimum Gasteiger partial charge on any atom is -0.507 e. The normalized spacial score (nSPS) is 34.4. The Balaban J connectivity index is 1.46. The van der Waals surface area contributed by atoms with E-state index >= 15 is 0 Å². The van der Waals surface area contributed by atoms with Gasteiger partial charge in [-0.15, -0.1) is 0 Å². The monoisotopic (exact) mass is 315 g/mol. The predicted molar refractivity (Wildman–Crippen MR) is 87.6 cm³/mol. The summed E-state index contributed by atoms with van der Waals surface area (Å²) in [5, 5.41) is 13.0. The lowest BCUT2D eigenvalue weighted by molar-refractivity contribution is -0.0503. The van der Waals surface area contributed by atoms with Crippen LogP contribution in [-0.2, 0) is 0 Å². The lowest BCUT2D eigenvalue weighted by atomic mass is 9.49. The summed E-state index contributed by atoms with van der Waals surface area (Å²) in [6.45, 7) is 0.742. The van der Waals surface area contributed by atoms with E-state index in [2.05, 4.69) is 5.32 Å². The third-order valence-electron chi connectivity index (χ3n) is 6.24. The van der Waals surface area contributed by atoms with Crippen molar-refractivity contribution in [2.24, 2.45) is 23.2 Å². The Morgan fingerprint density at radius 1 is 1.22 bits per heavy atom. The molecular formula is C19H25NO3. The molecule has 0 spiro atoms. The van der Waals surface area contributed by atoms with Gasteiger partial charge in [0.2, 0.25) is 0 Å². The first-order valence-corrected chi connectivity index (χ1v) is 8.72. The highest BCUT2D eigenvalue weighted by Crippen LogP contribution is 2.59. The molecule has 4 aliphatic carbocycles. The standard InChI is InChI=1S/C19H25NO3/c1-23-15-2-3-17(21)16(7-15)18(22)20-11-19-8-12-4-13(9-19)6-14(5-12)10-19/h2-3,7,12-14,21H,4-6,8-11H2,1H3,(H,20,22). The summed E-state index contributed by atoms with van der Waals surface area (Å²) in [5.41, 5.74) is 0.605. The Kier molecular flexibility index (Phi) is 3.51. The van der Waals surface area contributed by atoms with Crippen molar-refractivity contribution in [3.63, 3.8) is 0 Å². The van der Waals surface area contributed by atoms with Crippen LogP contribution in [0.2, 0.25) is 0 Å². The van der Waals surface area contributed by atoms with Gasteiger partial charge in [0, 0.05) is 6.54 Å². The van der Waals surface area contributed by atoms with Crippen LogP contribution in [0, 0.1) is 23.2 Å². The van der Waals surface area contributed by atoms with Crippen LogP contribution in [0.1, 0.15) is 48.9 Å². The molecule has 4 nitrogen and oxygen atoms in total. The van der Waals surface area contributed by atoms with Crippen molar-refractivity contribution in [3.8, 4) is 11.5 Å². The molecule has 0 radical (unpaired) electrons. The maximum absolute atomic E-state index is 12.5. The predicted octanol–water partition coefficient (Wildman–Crippen LogP) is 3.35. The lowest BCUT2D eigenvalue weighted by Crippen LogP contribution is -2.51. The Morgan fingerprint density at radius 3 is 2.39 bits per heavy atom. The molecule has 1 amide bonds. The van der Waals surface area contributed by atoms with E-state index in [4.69, 9.17) is 4.74 Å². The SMILES string of the molecule is COc1ccc(O)c(C(=O)NCC23CC4CC(CC(C4)C2)C3)c1. The number of aromatic hydroxyl groups is 1. The number of phenolic OH excluding ortho intramolecular Hbond substituents is 1. The van der Waals surface area contributed by atoms with Gasteiger partial charge in [0.15, 0.2) is 0 Å². The van der Waals surface area contributed by atoms with E-state index in [9.17, 15) is 9.90 Å². The van der Waals surface area contributed by atoms with Gasteiger partial charge in [-0.3, -0.25) is 4.79 Å². The topological polar surface area (TPSA) is 58.6 Å². The van der Waals surface area contributed by atoms with Crippen molar-refractivity contribution in [1.82, 2.24) is 5.32 Å². The second-order valence-corrected chi connectivity index (χ2v) is 7.98. The van der Waals surface area contributed by atoms with E-state index in [1.165, 1.54) is 44.6 Å². The molecule has 4 heteroatoms. The van der Waals surface area contributed by atoms with Gasteiger partial charge in [-0.05, 0) is 79.9 Å². The van der Waals surface area contributed by atoms with Crippen molar-refractivity contribution in [3.05, 3.63) is 23.8 Å². The van der Waals surface area contributed by atoms with Crippen LogP contribution in [-0.4, -0.2) is 24.7 Å². The first-order chi connectivity index (χ1) is 11.1. The molecule has 2 N–H and O–H groups in total. The average molecular weight is 315 g/mol. The van der Waals surface area contributed by atoms with Crippen molar-refractivity contribution < 1.29 is 14.6 Å². The molecule has 1 aromatic rings. The van der Waals surface area contributed by atoms with Crippen molar-refractivity contribution in [2.45, 2.75) is 38.5 Å². The summed E-state index contributed by atoms with van der Waals surface area (Å²) in [4.78, 5) is 12.5. The zero-order valence-electron chi connectivity index (χ0n) is 13.7. The number of hydrogen-bond donors (Lipinski definition) is 2. The van der Waals surface area contributed by atoms with Crippen LogP contribution in [0.4, 0.5) is 0 Å². The van der Waals surface area contributed by atoms with Crippen LogP contribution >= 0.6 is 0 Å². The van der Waals surface area contributed by atoms with Crippen LogP contribution in [0.25, 0.3) is 0 Å². The fraction of sp³-hybridized carbons (Fsp3) is 0.632. The maximum atomic E-state index is 12.5. The maximum Gasteiger partial charge on any atom is 0.255 e. The van der Waals surface area contributed by atoms with Crippen LogP contribution in [0.3, 0.4) is 0 Å². The van der Waals surface area contributed by atoms with Gasteiger partial charge >= 0.3 is 0 Å². The second-order valence-electron chi connectivity index (χ2n) is 7.98. The molecule has 0 saturated heterocycles. The fourth-order valence-corrected chi connectivity index (χ4v) is 5.69. The van der Waals surface area contributed by atoms with Crippen molar-refractivity contribution in [1.29, 1.82) is 0 Å².